The Balaban J connectivity index is 2.29. The third-order valence-electron chi connectivity index (χ3n) is 2.86. The molecule has 2 aromatic heterocycles. The van der Waals surface area contributed by atoms with Crippen molar-refractivity contribution in [2.45, 2.75) is 0 Å². The molecule has 3 rings (SSSR count). The first kappa shape index (κ1) is 11.6. The Bertz CT molecular complexity index is 806. The van der Waals surface area contributed by atoms with Gasteiger partial charge in [0.25, 0.3) is 0 Å². The number of hydrogen-bond donors (Lipinski definition) is 0. The average molecular weight is 266 g/mol. The normalized spacial score (nSPS) is 10.3. The molecule has 19 heavy (non-hydrogen) atoms. The van der Waals surface area contributed by atoms with Crippen molar-refractivity contribution in [2.24, 2.45) is 0 Å². The van der Waals surface area contributed by atoms with Crippen molar-refractivity contribution in [3.8, 4) is 17.3 Å². The highest BCUT2D eigenvalue weighted by atomic mass is 35.5. The molecular weight excluding hydrogens is 258 g/mol. The zero-order valence-corrected chi connectivity index (χ0v) is 10.6. The van der Waals surface area contributed by atoms with Crippen molar-refractivity contribution in [1.29, 1.82) is 5.26 Å². The molecule has 3 nitrogen and oxygen atoms in total. The fourth-order valence-corrected chi connectivity index (χ4v) is 2.21. The van der Waals surface area contributed by atoms with Gasteiger partial charge >= 0.3 is 0 Å². The van der Waals surface area contributed by atoms with Gasteiger partial charge < -0.3 is 0 Å². The van der Waals surface area contributed by atoms with E-state index in [1.165, 1.54) is 0 Å². The Morgan fingerprint density at radius 1 is 1.11 bits per heavy atom. The first-order valence-electron chi connectivity index (χ1n) is 5.70. The molecule has 0 saturated heterocycles. The van der Waals surface area contributed by atoms with E-state index in [1.54, 1.807) is 18.3 Å². The molecule has 0 aliphatic heterocycles. The lowest BCUT2D eigenvalue weighted by atomic mass is 10.0. The second-order valence-electron chi connectivity index (χ2n) is 4.02. The van der Waals surface area contributed by atoms with Crippen LogP contribution in [0.5, 0.6) is 0 Å². The number of pyridine rings is 2. The van der Waals surface area contributed by atoms with Crippen LogP contribution >= 0.6 is 11.6 Å². The minimum absolute atomic E-state index is 0.571. The summed E-state index contributed by atoms with van der Waals surface area (Å²) in [4.78, 5) is 8.67. The smallest absolute Gasteiger partial charge is 0.161 e. The lowest BCUT2D eigenvalue weighted by Crippen LogP contribution is -1.91. The molecule has 0 amide bonds. The van der Waals surface area contributed by atoms with Crippen LogP contribution in [-0.2, 0) is 0 Å². The van der Waals surface area contributed by atoms with E-state index >= 15 is 0 Å². The minimum atomic E-state index is 0.571. The lowest BCUT2D eigenvalue weighted by molar-refractivity contribution is 1.28. The van der Waals surface area contributed by atoms with Gasteiger partial charge in [-0.05, 0) is 24.3 Å². The lowest BCUT2D eigenvalue weighted by Gasteiger charge is -2.06. The van der Waals surface area contributed by atoms with E-state index in [0.29, 0.717) is 21.9 Å². The molecule has 0 spiro atoms. The molecule has 0 aliphatic carbocycles. The summed E-state index contributed by atoms with van der Waals surface area (Å²) >= 11 is 6.24. The molecule has 1 aromatic carbocycles. The number of aromatic nitrogens is 2. The second-order valence-corrected chi connectivity index (χ2v) is 4.43. The molecular formula is C15H8ClN3. The number of benzene rings is 1. The number of hydrogen-bond acceptors (Lipinski definition) is 3. The van der Waals surface area contributed by atoms with Gasteiger partial charge in [-0.15, -0.1) is 0 Å². The maximum atomic E-state index is 9.14. The zero-order valence-electron chi connectivity index (χ0n) is 9.84. The molecule has 0 bridgehead atoms. The van der Waals surface area contributed by atoms with Crippen molar-refractivity contribution in [3.05, 3.63) is 59.2 Å². The van der Waals surface area contributed by atoms with Crippen LogP contribution in [0.2, 0.25) is 5.02 Å². The molecule has 4 heteroatoms. The van der Waals surface area contributed by atoms with Gasteiger partial charge in [-0.3, -0.25) is 0 Å². The Kier molecular flexibility index (Phi) is 2.86. The van der Waals surface area contributed by atoms with Crippen molar-refractivity contribution in [2.75, 3.05) is 0 Å². The first-order chi connectivity index (χ1) is 9.29. The molecule has 2 heterocycles. The Labute approximate surface area is 115 Å². The standard InChI is InChI=1S/C15H8ClN3/c16-13-8-14(11-5-2-1-4-10(11)9-17)19-15-12(13)6-3-7-18-15/h1-8H. The zero-order chi connectivity index (χ0) is 13.2. The highest BCUT2D eigenvalue weighted by molar-refractivity contribution is 6.35. The third-order valence-corrected chi connectivity index (χ3v) is 3.17. The van der Waals surface area contributed by atoms with Crippen molar-refractivity contribution in [1.82, 2.24) is 9.97 Å². The molecule has 0 aliphatic rings. The molecule has 0 radical (unpaired) electrons. The summed E-state index contributed by atoms with van der Waals surface area (Å²) in [6.07, 6.45) is 1.67. The molecule has 0 N–H and O–H groups in total. The maximum Gasteiger partial charge on any atom is 0.161 e. The van der Waals surface area contributed by atoms with Crippen LogP contribution in [0, 0.1) is 11.3 Å². The van der Waals surface area contributed by atoms with E-state index in [9.17, 15) is 0 Å². The van der Waals surface area contributed by atoms with Gasteiger partial charge in [0.05, 0.1) is 22.3 Å². The molecule has 0 unspecified atom stereocenters. The SMILES string of the molecule is N#Cc1ccccc1-c1cc(Cl)c2cccnc2n1. The molecule has 0 fully saturated rings. The van der Waals surface area contributed by atoms with E-state index in [-0.39, 0.29) is 0 Å². The summed E-state index contributed by atoms with van der Waals surface area (Å²) in [5.74, 6) is 0. The largest absolute Gasteiger partial charge is 0.237 e. The van der Waals surface area contributed by atoms with Gasteiger partial charge in [-0.25, -0.2) is 9.97 Å². The predicted octanol–water partition coefficient (Wildman–Crippen LogP) is 3.82. The van der Waals surface area contributed by atoms with Crippen molar-refractivity contribution < 1.29 is 0 Å². The summed E-state index contributed by atoms with van der Waals surface area (Å²) in [6, 6.07) is 14.9. The Morgan fingerprint density at radius 3 is 2.79 bits per heavy atom. The minimum Gasteiger partial charge on any atom is -0.237 e. The Morgan fingerprint density at radius 2 is 1.95 bits per heavy atom. The van der Waals surface area contributed by atoms with Gasteiger partial charge in [-0.2, -0.15) is 5.26 Å². The van der Waals surface area contributed by atoms with E-state index < -0.39 is 0 Å². The summed E-state index contributed by atoms with van der Waals surface area (Å²) < 4.78 is 0. The highest BCUT2D eigenvalue weighted by Gasteiger charge is 2.09. The number of nitriles is 1. The number of fused-ring (bicyclic) bond motifs is 1. The number of nitrogens with zero attached hydrogens (tertiary/aromatic N) is 3. The monoisotopic (exact) mass is 265 g/mol. The van der Waals surface area contributed by atoms with Crippen LogP contribution in [0.4, 0.5) is 0 Å². The van der Waals surface area contributed by atoms with Crippen molar-refractivity contribution in [3.63, 3.8) is 0 Å². The van der Waals surface area contributed by atoms with Gasteiger partial charge in [0.1, 0.15) is 0 Å². The van der Waals surface area contributed by atoms with E-state index in [1.807, 2.05) is 30.3 Å². The predicted molar refractivity (Wildman–Crippen MR) is 74.7 cm³/mol. The van der Waals surface area contributed by atoms with Crippen LogP contribution in [0.15, 0.2) is 48.7 Å². The highest BCUT2D eigenvalue weighted by Crippen LogP contribution is 2.28. The van der Waals surface area contributed by atoms with Gasteiger partial charge in [0, 0.05) is 17.1 Å². The number of halogens is 1. The third kappa shape index (κ3) is 2.03. The quantitative estimate of drug-likeness (QED) is 0.672. The fraction of sp³-hybridized carbons (Fsp3) is 0. The van der Waals surface area contributed by atoms with Gasteiger partial charge in [-0.1, -0.05) is 29.8 Å². The second kappa shape index (κ2) is 4.68. The van der Waals surface area contributed by atoms with Crippen molar-refractivity contribution >= 4 is 22.6 Å². The van der Waals surface area contributed by atoms with Crippen LogP contribution in [-0.4, -0.2) is 9.97 Å². The molecule has 3 aromatic rings. The van der Waals surface area contributed by atoms with E-state index in [4.69, 9.17) is 16.9 Å². The maximum absolute atomic E-state index is 9.14. The number of rotatable bonds is 1. The molecule has 0 saturated carbocycles. The summed E-state index contributed by atoms with van der Waals surface area (Å²) in [5.41, 5.74) is 2.58. The van der Waals surface area contributed by atoms with Gasteiger partial charge in [0.2, 0.25) is 0 Å². The summed E-state index contributed by atoms with van der Waals surface area (Å²) in [6.45, 7) is 0. The average Bonchev–Trinajstić information content (AvgIpc) is 2.47. The van der Waals surface area contributed by atoms with E-state index in [0.717, 1.165) is 10.9 Å². The van der Waals surface area contributed by atoms with Crippen LogP contribution in [0.25, 0.3) is 22.3 Å². The van der Waals surface area contributed by atoms with Crippen LogP contribution in [0.3, 0.4) is 0 Å². The fourth-order valence-electron chi connectivity index (χ4n) is 1.96. The van der Waals surface area contributed by atoms with Crippen LogP contribution in [0.1, 0.15) is 5.56 Å². The summed E-state index contributed by atoms with van der Waals surface area (Å²) in [7, 11) is 0. The van der Waals surface area contributed by atoms with Crippen LogP contribution < -0.4 is 0 Å². The topological polar surface area (TPSA) is 49.6 Å². The molecule has 0 atom stereocenters. The Hall–Kier alpha value is -2.44. The van der Waals surface area contributed by atoms with Gasteiger partial charge in [0.15, 0.2) is 5.65 Å². The summed E-state index contributed by atoms with van der Waals surface area (Å²) in [5, 5.41) is 10.5. The molecule has 90 valence electrons. The first-order valence-corrected chi connectivity index (χ1v) is 6.08. The van der Waals surface area contributed by atoms with E-state index in [2.05, 4.69) is 16.0 Å².